The van der Waals surface area contributed by atoms with Crippen LogP contribution in [0.3, 0.4) is 0 Å². The number of aryl methyl sites for hydroxylation is 1. The molecule has 2 amide bonds. The zero-order chi connectivity index (χ0) is 21.8. The molecule has 30 heavy (non-hydrogen) atoms. The first-order valence-corrected chi connectivity index (χ1v) is 10.5. The van der Waals surface area contributed by atoms with Gasteiger partial charge in [0.1, 0.15) is 0 Å². The third-order valence-electron chi connectivity index (χ3n) is 5.07. The van der Waals surface area contributed by atoms with Crippen molar-refractivity contribution in [2.45, 2.75) is 32.7 Å². The highest BCUT2D eigenvalue weighted by molar-refractivity contribution is 5.96. The van der Waals surface area contributed by atoms with Crippen molar-refractivity contribution in [1.29, 1.82) is 0 Å². The first kappa shape index (κ1) is 23.6. The van der Waals surface area contributed by atoms with Crippen molar-refractivity contribution in [2.75, 3.05) is 32.8 Å². The molecule has 1 aromatic carbocycles. The van der Waals surface area contributed by atoms with E-state index in [0.29, 0.717) is 50.5 Å². The van der Waals surface area contributed by atoms with Crippen LogP contribution in [0.15, 0.2) is 60.2 Å². The number of nitrogens with one attached hydrogen (secondary N) is 1. The number of benzene rings is 1. The van der Waals surface area contributed by atoms with Gasteiger partial charge in [0.05, 0.1) is 13.2 Å². The van der Waals surface area contributed by atoms with Crippen LogP contribution >= 0.6 is 0 Å². The van der Waals surface area contributed by atoms with Gasteiger partial charge in [-0.3, -0.25) is 9.59 Å². The van der Waals surface area contributed by atoms with Crippen molar-refractivity contribution in [3.05, 3.63) is 71.3 Å². The Balaban J connectivity index is 1.69. The summed E-state index contributed by atoms with van der Waals surface area (Å²) in [4.78, 5) is 26.2. The summed E-state index contributed by atoms with van der Waals surface area (Å²) in [6, 6.07) is 8.20. The number of unbranched alkanes of at least 4 members (excludes halogenated alkanes) is 1. The maximum Gasteiger partial charge on any atom is 0.253 e. The van der Waals surface area contributed by atoms with Gasteiger partial charge >= 0.3 is 0 Å². The Labute approximate surface area is 179 Å². The van der Waals surface area contributed by atoms with Crippen molar-refractivity contribution in [3.8, 4) is 0 Å². The van der Waals surface area contributed by atoms with Crippen molar-refractivity contribution in [2.24, 2.45) is 5.73 Å². The average molecular weight is 412 g/mol. The topological polar surface area (TPSA) is 84.7 Å². The second kappa shape index (κ2) is 12.8. The highest BCUT2D eigenvalue weighted by atomic mass is 16.5. The molecule has 0 aliphatic carbocycles. The van der Waals surface area contributed by atoms with E-state index in [1.807, 2.05) is 12.1 Å². The van der Waals surface area contributed by atoms with Gasteiger partial charge in [0, 0.05) is 37.3 Å². The quantitative estimate of drug-likeness (QED) is 0.352. The van der Waals surface area contributed by atoms with Crippen LogP contribution in [0.1, 0.15) is 30.9 Å². The molecule has 0 unspecified atom stereocenters. The number of amides is 2. The molecule has 1 heterocycles. The van der Waals surface area contributed by atoms with Gasteiger partial charge in [0.15, 0.2) is 0 Å². The molecule has 2 rings (SSSR count). The third-order valence-corrected chi connectivity index (χ3v) is 5.07. The Bertz CT molecular complexity index is 793. The molecule has 0 spiro atoms. The Morgan fingerprint density at radius 2 is 1.90 bits per heavy atom. The SMILES string of the molecule is C=C(/C=C\C=C(/C)C(=O)NCCCCc1ccccc1CN)C(=O)N1CCOCC1. The van der Waals surface area contributed by atoms with Crippen LogP contribution in [-0.2, 0) is 27.3 Å². The van der Waals surface area contributed by atoms with Crippen molar-refractivity contribution >= 4 is 11.8 Å². The molecule has 6 nitrogen and oxygen atoms in total. The highest BCUT2D eigenvalue weighted by Crippen LogP contribution is 2.11. The maximum absolute atomic E-state index is 12.3. The van der Waals surface area contributed by atoms with Crippen LogP contribution in [0.5, 0.6) is 0 Å². The van der Waals surface area contributed by atoms with Gasteiger partial charge in [-0.15, -0.1) is 0 Å². The largest absolute Gasteiger partial charge is 0.378 e. The molecular formula is C24H33N3O3. The van der Waals surface area contributed by atoms with Crippen LogP contribution in [0.2, 0.25) is 0 Å². The summed E-state index contributed by atoms with van der Waals surface area (Å²) in [6.45, 7) is 9.03. The van der Waals surface area contributed by atoms with Gasteiger partial charge in [-0.25, -0.2) is 0 Å². The minimum atomic E-state index is -0.105. The summed E-state index contributed by atoms with van der Waals surface area (Å²) >= 11 is 0. The standard InChI is InChI=1S/C24H33N3O3/c1-19(8-7-9-20(2)24(29)27-14-16-30-17-15-27)23(28)26-13-6-5-11-21-10-3-4-12-22(21)18-25/h3-4,7-10,12H,2,5-6,11,13-18,25H2,1H3,(H,26,28)/b9-7-,19-8+. The molecule has 6 heteroatoms. The Hall–Kier alpha value is -2.70. The molecule has 1 aromatic rings. The van der Waals surface area contributed by atoms with Crippen LogP contribution < -0.4 is 11.1 Å². The lowest BCUT2D eigenvalue weighted by Gasteiger charge is -2.26. The molecule has 0 bridgehead atoms. The second-order valence-electron chi connectivity index (χ2n) is 7.32. The number of ether oxygens (including phenoxy) is 1. The molecule has 0 radical (unpaired) electrons. The lowest BCUT2D eigenvalue weighted by molar-refractivity contribution is -0.130. The fraction of sp³-hybridized carbons (Fsp3) is 0.417. The fourth-order valence-electron chi connectivity index (χ4n) is 3.21. The summed E-state index contributed by atoms with van der Waals surface area (Å²) < 4.78 is 5.25. The number of hydrogen-bond acceptors (Lipinski definition) is 4. The van der Waals surface area contributed by atoms with Gasteiger partial charge < -0.3 is 20.7 Å². The minimum absolute atomic E-state index is 0.0961. The van der Waals surface area contributed by atoms with E-state index in [1.165, 1.54) is 11.1 Å². The molecule has 1 aliphatic rings. The van der Waals surface area contributed by atoms with Crippen LogP contribution in [-0.4, -0.2) is 49.6 Å². The van der Waals surface area contributed by atoms with Crippen LogP contribution in [0.25, 0.3) is 0 Å². The molecule has 0 aromatic heterocycles. The number of nitrogens with zero attached hydrogens (tertiary/aromatic N) is 1. The Kier molecular flexibility index (Phi) is 10.0. The van der Waals surface area contributed by atoms with E-state index in [4.69, 9.17) is 10.5 Å². The number of hydrogen-bond donors (Lipinski definition) is 2. The summed E-state index contributed by atoms with van der Waals surface area (Å²) in [5.74, 6) is -0.201. The zero-order valence-electron chi connectivity index (χ0n) is 17.9. The lowest BCUT2D eigenvalue weighted by atomic mass is 10.0. The number of rotatable bonds is 10. The Morgan fingerprint density at radius 3 is 2.60 bits per heavy atom. The van der Waals surface area contributed by atoms with Gasteiger partial charge in [-0.05, 0) is 37.3 Å². The van der Waals surface area contributed by atoms with Gasteiger partial charge in [0.25, 0.3) is 5.91 Å². The predicted octanol–water partition coefficient (Wildman–Crippen LogP) is 2.50. The zero-order valence-corrected chi connectivity index (χ0v) is 17.9. The minimum Gasteiger partial charge on any atom is -0.378 e. The summed E-state index contributed by atoms with van der Waals surface area (Å²) in [5.41, 5.74) is 9.22. The first-order chi connectivity index (χ1) is 14.5. The monoisotopic (exact) mass is 411 g/mol. The number of carbonyl (C=O) groups excluding carboxylic acids is 2. The highest BCUT2D eigenvalue weighted by Gasteiger charge is 2.17. The van der Waals surface area contributed by atoms with Crippen LogP contribution in [0.4, 0.5) is 0 Å². The molecule has 1 fully saturated rings. The van der Waals surface area contributed by atoms with E-state index in [-0.39, 0.29) is 11.8 Å². The third kappa shape index (κ3) is 7.61. The number of morpholine rings is 1. The number of allylic oxidation sites excluding steroid dienone is 2. The summed E-state index contributed by atoms with van der Waals surface area (Å²) in [6.07, 6.45) is 7.88. The van der Waals surface area contributed by atoms with E-state index in [2.05, 4.69) is 24.0 Å². The van der Waals surface area contributed by atoms with E-state index < -0.39 is 0 Å². The molecular weight excluding hydrogens is 378 g/mol. The smallest absolute Gasteiger partial charge is 0.253 e. The predicted molar refractivity (Wildman–Crippen MR) is 120 cm³/mol. The average Bonchev–Trinajstić information content (AvgIpc) is 2.78. The maximum atomic E-state index is 12.3. The first-order valence-electron chi connectivity index (χ1n) is 10.5. The summed E-state index contributed by atoms with van der Waals surface area (Å²) in [7, 11) is 0. The molecule has 1 aliphatic heterocycles. The van der Waals surface area contributed by atoms with Gasteiger partial charge in [-0.1, -0.05) is 49.1 Å². The van der Waals surface area contributed by atoms with E-state index in [9.17, 15) is 9.59 Å². The van der Waals surface area contributed by atoms with Gasteiger partial charge in [0.2, 0.25) is 5.91 Å². The van der Waals surface area contributed by atoms with Crippen molar-refractivity contribution in [3.63, 3.8) is 0 Å². The molecule has 0 atom stereocenters. The molecule has 162 valence electrons. The molecule has 0 saturated carbocycles. The normalized spacial score (nSPS) is 14.7. The molecule has 3 N–H and O–H groups in total. The van der Waals surface area contributed by atoms with Crippen molar-refractivity contribution in [1.82, 2.24) is 10.2 Å². The second-order valence-corrected chi connectivity index (χ2v) is 7.32. The Morgan fingerprint density at radius 1 is 1.20 bits per heavy atom. The van der Waals surface area contributed by atoms with E-state index in [1.54, 1.807) is 30.1 Å². The lowest BCUT2D eigenvalue weighted by Crippen LogP contribution is -2.41. The fourth-order valence-corrected chi connectivity index (χ4v) is 3.21. The van der Waals surface area contributed by atoms with E-state index in [0.717, 1.165) is 19.3 Å². The van der Waals surface area contributed by atoms with Gasteiger partial charge in [-0.2, -0.15) is 0 Å². The van der Waals surface area contributed by atoms with Crippen molar-refractivity contribution < 1.29 is 14.3 Å². The number of carbonyl (C=O) groups is 2. The number of nitrogens with two attached hydrogens (primary N) is 1. The van der Waals surface area contributed by atoms with E-state index >= 15 is 0 Å². The molecule has 1 saturated heterocycles. The summed E-state index contributed by atoms with van der Waals surface area (Å²) in [5, 5.41) is 2.93. The van der Waals surface area contributed by atoms with Crippen LogP contribution in [0, 0.1) is 0 Å².